The summed E-state index contributed by atoms with van der Waals surface area (Å²) in [6.45, 7) is 5.65. The zero-order valence-corrected chi connectivity index (χ0v) is 16.1. The first kappa shape index (κ1) is 19.2. The van der Waals surface area contributed by atoms with Gasteiger partial charge in [0.15, 0.2) is 0 Å². The number of nitrogens with zero attached hydrogens (tertiary/aromatic N) is 2. The van der Waals surface area contributed by atoms with Gasteiger partial charge in [0.25, 0.3) is 0 Å². The quantitative estimate of drug-likeness (QED) is 0.700. The van der Waals surface area contributed by atoms with Crippen molar-refractivity contribution in [2.24, 2.45) is 11.3 Å². The first-order chi connectivity index (χ1) is 13.4. The highest BCUT2D eigenvalue weighted by atomic mass is 16.5. The van der Waals surface area contributed by atoms with Crippen LogP contribution >= 0.6 is 0 Å². The second-order valence-corrected chi connectivity index (χ2v) is 8.54. The average molecular weight is 388 g/mol. The molecule has 3 aliphatic heterocycles. The number of fused-ring (bicyclic) bond motifs is 2. The standard InChI is InChI=1S/C21H28N2O5/c24-19(25)3-6-21-13-22(7-4-20(26)27)11-17(21)12-23(14-21)10-15-1-2-18-16(9-15)5-8-28-18/h1-2,9,17H,3-8,10-14H2,(H,24,25)(H,26,27). The number of carboxylic acids is 2. The van der Waals surface area contributed by atoms with Crippen molar-refractivity contribution in [1.82, 2.24) is 9.80 Å². The van der Waals surface area contributed by atoms with Gasteiger partial charge in [0.1, 0.15) is 5.75 Å². The molecule has 0 aromatic heterocycles. The Morgan fingerprint density at radius 3 is 2.64 bits per heavy atom. The Hall–Kier alpha value is -2.12. The van der Waals surface area contributed by atoms with E-state index in [1.807, 2.05) is 0 Å². The van der Waals surface area contributed by atoms with E-state index in [4.69, 9.17) is 9.84 Å². The van der Waals surface area contributed by atoms with E-state index in [9.17, 15) is 14.7 Å². The monoisotopic (exact) mass is 388 g/mol. The van der Waals surface area contributed by atoms with E-state index in [0.29, 0.717) is 18.9 Å². The topological polar surface area (TPSA) is 90.3 Å². The first-order valence-electron chi connectivity index (χ1n) is 10.1. The summed E-state index contributed by atoms with van der Waals surface area (Å²) in [4.78, 5) is 26.8. The van der Waals surface area contributed by atoms with Crippen molar-refractivity contribution in [1.29, 1.82) is 0 Å². The molecule has 0 radical (unpaired) electrons. The van der Waals surface area contributed by atoms with Crippen molar-refractivity contribution in [2.75, 3.05) is 39.3 Å². The van der Waals surface area contributed by atoms with Gasteiger partial charge in [0.05, 0.1) is 13.0 Å². The molecule has 2 fully saturated rings. The summed E-state index contributed by atoms with van der Waals surface area (Å²) in [5, 5.41) is 18.2. The Labute approximate surface area is 164 Å². The van der Waals surface area contributed by atoms with Crippen molar-refractivity contribution < 1.29 is 24.5 Å². The van der Waals surface area contributed by atoms with Crippen LogP contribution in [0.3, 0.4) is 0 Å². The van der Waals surface area contributed by atoms with E-state index in [1.54, 1.807) is 0 Å². The molecule has 28 heavy (non-hydrogen) atoms. The van der Waals surface area contributed by atoms with Crippen molar-refractivity contribution in [3.63, 3.8) is 0 Å². The normalized spacial score (nSPS) is 26.8. The smallest absolute Gasteiger partial charge is 0.304 e. The molecule has 2 atom stereocenters. The van der Waals surface area contributed by atoms with Gasteiger partial charge in [-0.25, -0.2) is 0 Å². The summed E-state index contributed by atoms with van der Waals surface area (Å²) >= 11 is 0. The van der Waals surface area contributed by atoms with Crippen molar-refractivity contribution in [2.45, 2.75) is 32.2 Å². The number of likely N-dealkylation sites (tertiary alicyclic amines) is 2. The third-order valence-corrected chi connectivity index (χ3v) is 6.54. The number of ether oxygens (including phenoxy) is 1. The Morgan fingerprint density at radius 1 is 1.11 bits per heavy atom. The minimum atomic E-state index is -0.779. The van der Waals surface area contributed by atoms with Crippen molar-refractivity contribution in [3.05, 3.63) is 29.3 Å². The lowest BCUT2D eigenvalue weighted by atomic mass is 9.77. The van der Waals surface area contributed by atoms with Gasteiger partial charge < -0.3 is 19.8 Å². The van der Waals surface area contributed by atoms with Crippen LogP contribution in [0, 0.1) is 11.3 Å². The lowest BCUT2D eigenvalue weighted by molar-refractivity contribution is -0.138. The van der Waals surface area contributed by atoms with Gasteiger partial charge in [-0.3, -0.25) is 14.5 Å². The number of hydrogen-bond acceptors (Lipinski definition) is 5. The van der Waals surface area contributed by atoms with Gasteiger partial charge in [-0.15, -0.1) is 0 Å². The number of benzene rings is 1. The van der Waals surface area contributed by atoms with Crippen LogP contribution in [0.1, 0.15) is 30.4 Å². The summed E-state index contributed by atoms with van der Waals surface area (Å²) in [7, 11) is 0. The minimum absolute atomic E-state index is 0.0449. The van der Waals surface area contributed by atoms with E-state index in [0.717, 1.165) is 51.5 Å². The molecule has 0 spiro atoms. The second kappa shape index (κ2) is 7.72. The van der Waals surface area contributed by atoms with E-state index >= 15 is 0 Å². The molecule has 2 saturated heterocycles. The molecular weight excluding hydrogens is 360 g/mol. The fraction of sp³-hybridized carbons (Fsp3) is 0.619. The van der Waals surface area contributed by atoms with Gasteiger partial charge in [0.2, 0.25) is 0 Å². The number of rotatable bonds is 8. The fourth-order valence-electron chi connectivity index (χ4n) is 5.26. The van der Waals surface area contributed by atoms with E-state index in [-0.39, 0.29) is 18.3 Å². The van der Waals surface area contributed by atoms with E-state index < -0.39 is 11.9 Å². The molecule has 0 aliphatic carbocycles. The van der Waals surface area contributed by atoms with Crippen LogP contribution in [-0.2, 0) is 22.6 Å². The minimum Gasteiger partial charge on any atom is -0.493 e. The molecule has 7 nitrogen and oxygen atoms in total. The summed E-state index contributed by atoms with van der Waals surface area (Å²) in [5.74, 6) is -0.138. The van der Waals surface area contributed by atoms with Gasteiger partial charge >= 0.3 is 11.9 Å². The molecule has 0 saturated carbocycles. The first-order valence-corrected chi connectivity index (χ1v) is 10.1. The number of hydrogen-bond donors (Lipinski definition) is 2. The van der Waals surface area contributed by atoms with E-state index in [1.165, 1.54) is 11.1 Å². The number of aliphatic carboxylic acids is 2. The number of carboxylic acid groups (broad SMARTS) is 2. The summed E-state index contributed by atoms with van der Waals surface area (Å²) < 4.78 is 5.59. The van der Waals surface area contributed by atoms with Gasteiger partial charge in [-0.05, 0) is 29.5 Å². The highest BCUT2D eigenvalue weighted by Gasteiger charge is 2.51. The van der Waals surface area contributed by atoms with Crippen molar-refractivity contribution in [3.8, 4) is 5.75 Å². The van der Waals surface area contributed by atoms with Crippen LogP contribution in [0.15, 0.2) is 18.2 Å². The maximum atomic E-state index is 11.2. The molecule has 3 heterocycles. The maximum Gasteiger partial charge on any atom is 0.304 e. The third kappa shape index (κ3) is 4.00. The van der Waals surface area contributed by atoms with Gasteiger partial charge in [-0.2, -0.15) is 0 Å². The Morgan fingerprint density at radius 2 is 1.86 bits per heavy atom. The molecule has 0 bridgehead atoms. The Balaban J connectivity index is 1.42. The largest absolute Gasteiger partial charge is 0.493 e. The van der Waals surface area contributed by atoms with Crippen LogP contribution in [0.2, 0.25) is 0 Å². The summed E-state index contributed by atoms with van der Waals surface area (Å²) in [6.07, 6.45) is 1.94. The van der Waals surface area contributed by atoms with Crippen LogP contribution in [0.5, 0.6) is 5.75 Å². The Kier molecular flexibility index (Phi) is 5.29. The summed E-state index contributed by atoms with van der Waals surface area (Å²) in [5.41, 5.74) is 2.51. The summed E-state index contributed by atoms with van der Waals surface area (Å²) in [6, 6.07) is 6.42. The van der Waals surface area contributed by atoms with Crippen LogP contribution in [0.4, 0.5) is 0 Å². The maximum absolute atomic E-state index is 11.2. The molecule has 4 rings (SSSR count). The zero-order chi connectivity index (χ0) is 19.7. The third-order valence-electron chi connectivity index (χ3n) is 6.54. The zero-order valence-electron chi connectivity index (χ0n) is 16.1. The predicted molar refractivity (Wildman–Crippen MR) is 102 cm³/mol. The molecule has 3 aliphatic rings. The van der Waals surface area contributed by atoms with Gasteiger partial charge in [-0.1, -0.05) is 12.1 Å². The second-order valence-electron chi connectivity index (χ2n) is 8.54. The highest BCUT2D eigenvalue weighted by molar-refractivity contribution is 5.67. The molecule has 152 valence electrons. The van der Waals surface area contributed by atoms with Gasteiger partial charge in [0, 0.05) is 57.5 Å². The highest BCUT2D eigenvalue weighted by Crippen LogP contribution is 2.46. The Bertz CT molecular complexity index is 767. The average Bonchev–Trinajstić information content (AvgIpc) is 3.30. The molecule has 0 amide bonds. The van der Waals surface area contributed by atoms with E-state index in [2.05, 4.69) is 28.0 Å². The molecule has 2 N–H and O–H groups in total. The van der Waals surface area contributed by atoms with Crippen LogP contribution < -0.4 is 4.74 Å². The molecule has 1 aromatic carbocycles. The lowest BCUT2D eigenvalue weighted by Gasteiger charge is -2.29. The molecule has 1 aromatic rings. The number of carbonyl (C=O) groups is 2. The predicted octanol–water partition coefficient (Wildman–Crippen LogP) is 1.69. The molecule has 7 heteroatoms. The van der Waals surface area contributed by atoms with Crippen LogP contribution in [-0.4, -0.2) is 71.3 Å². The van der Waals surface area contributed by atoms with Crippen LogP contribution in [0.25, 0.3) is 0 Å². The molecular formula is C21H28N2O5. The SMILES string of the molecule is O=C(O)CCN1CC2CN(Cc3ccc4c(c3)CCO4)CC2(CCC(=O)O)C1. The fourth-order valence-corrected chi connectivity index (χ4v) is 5.26. The molecule has 2 unspecified atom stereocenters. The van der Waals surface area contributed by atoms with Crippen molar-refractivity contribution >= 4 is 11.9 Å². The lowest BCUT2D eigenvalue weighted by Crippen LogP contribution is -2.35.